The zero-order chi connectivity index (χ0) is 17.2. The van der Waals surface area contributed by atoms with Crippen molar-refractivity contribution in [2.45, 2.75) is 57.5 Å². The number of hydrogen-bond acceptors (Lipinski definition) is 4. The van der Waals surface area contributed by atoms with Gasteiger partial charge in [0, 0.05) is 5.56 Å². The average molecular weight is 380 g/mol. The average Bonchev–Trinajstić information content (AvgIpc) is 2.98. The van der Waals surface area contributed by atoms with Crippen LogP contribution in [0.1, 0.15) is 55.6 Å². The molecule has 2 aromatic rings. The summed E-state index contributed by atoms with van der Waals surface area (Å²) >= 11 is 1.64. The van der Waals surface area contributed by atoms with Crippen LogP contribution in [0.2, 0.25) is 0 Å². The van der Waals surface area contributed by atoms with E-state index in [2.05, 4.69) is 22.4 Å². The van der Waals surface area contributed by atoms with E-state index in [0.29, 0.717) is 0 Å². The minimum atomic E-state index is -0.701. The van der Waals surface area contributed by atoms with Gasteiger partial charge in [0.05, 0.1) is 22.2 Å². The normalized spacial score (nSPS) is 17.4. The van der Waals surface area contributed by atoms with Gasteiger partial charge < -0.3 is 11.1 Å². The smallest absolute Gasteiger partial charge is 0.240 e. The number of carbonyl (C=O) groups is 1. The number of amides is 1. The molecule has 6 heteroatoms. The van der Waals surface area contributed by atoms with Gasteiger partial charge >= 0.3 is 0 Å². The van der Waals surface area contributed by atoms with Crippen molar-refractivity contribution in [1.29, 1.82) is 0 Å². The Morgan fingerprint density at radius 3 is 2.52 bits per heavy atom. The number of aromatic nitrogens is 1. The largest absolute Gasteiger partial charge is 0.347 e. The molecule has 1 unspecified atom stereocenters. The molecule has 3 N–H and O–H groups in total. The third-order valence-corrected chi connectivity index (χ3v) is 6.18. The second-order valence-electron chi connectivity index (χ2n) is 6.75. The Balaban J connectivity index is 0.00000225. The first-order valence-electron chi connectivity index (χ1n) is 8.62. The number of nitrogens with zero attached hydrogens (tertiary/aromatic N) is 1. The van der Waals surface area contributed by atoms with Crippen LogP contribution in [0.3, 0.4) is 0 Å². The first-order chi connectivity index (χ1) is 11.5. The Bertz CT molecular complexity index is 711. The van der Waals surface area contributed by atoms with Gasteiger partial charge in [0.1, 0.15) is 5.01 Å². The van der Waals surface area contributed by atoms with Gasteiger partial charge in [-0.15, -0.1) is 23.7 Å². The van der Waals surface area contributed by atoms with E-state index >= 15 is 0 Å². The topological polar surface area (TPSA) is 68.0 Å². The fourth-order valence-corrected chi connectivity index (χ4v) is 4.40. The highest BCUT2D eigenvalue weighted by molar-refractivity contribution is 7.15. The lowest BCUT2D eigenvalue weighted by Gasteiger charge is -2.32. The second kappa shape index (κ2) is 8.30. The number of nitrogens with one attached hydrogen (secondary N) is 1. The molecule has 25 heavy (non-hydrogen) atoms. The lowest BCUT2D eigenvalue weighted by atomic mass is 9.82. The number of benzene rings is 1. The van der Waals surface area contributed by atoms with E-state index < -0.39 is 5.54 Å². The predicted molar refractivity (Wildman–Crippen MR) is 106 cm³/mol. The van der Waals surface area contributed by atoms with E-state index in [0.717, 1.165) is 46.8 Å². The molecule has 136 valence electrons. The summed E-state index contributed by atoms with van der Waals surface area (Å²) in [4.78, 5) is 18.4. The number of nitrogens with two attached hydrogens (primary N) is 1. The Morgan fingerprint density at radius 2 is 1.88 bits per heavy atom. The highest BCUT2D eigenvalue weighted by Crippen LogP contribution is 2.32. The van der Waals surface area contributed by atoms with Gasteiger partial charge in [0.2, 0.25) is 5.91 Å². The summed E-state index contributed by atoms with van der Waals surface area (Å²) in [5, 5.41) is 4.11. The van der Waals surface area contributed by atoms with Crippen LogP contribution in [-0.4, -0.2) is 16.4 Å². The lowest BCUT2D eigenvalue weighted by Crippen LogP contribution is -2.55. The molecule has 3 rings (SSSR count). The minimum Gasteiger partial charge on any atom is -0.347 e. The van der Waals surface area contributed by atoms with Gasteiger partial charge in [-0.25, -0.2) is 4.98 Å². The molecule has 1 saturated carbocycles. The quantitative estimate of drug-likeness (QED) is 0.828. The molecule has 1 aliphatic rings. The second-order valence-corrected chi connectivity index (χ2v) is 7.78. The standard InChI is InChI=1S/C19H25N3OS.ClH/c1-13-16(24-17(21-13)15-9-5-3-6-10-15)14(2)22-18(23)19(20)11-7-4-8-12-19;/h3,5-6,9-10,14H,4,7-8,11-12,20H2,1-2H3,(H,22,23);1H. The summed E-state index contributed by atoms with van der Waals surface area (Å²) in [5.41, 5.74) is 7.72. The van der Waals surface area contributed by atoms with Crippen molar-refractivity contribution in [2.24, 2.45) is 5.73 Å². The molecular weight excluding hydrogens is 354 g/mol. The maximum absolute atomic E-state index is 12.6. The molecule has 1 aromatic carbocycles. The molecule has 0 radical (unpaired) electrons. The van der Waals surface area contributed by atoms with E-state index in [-0.39, 0.29) is 24.4 Å². The predicted octanol–water partition coefficient (Wildman–Crippen LogP) is 4.38. The summed E-state index contributed by atoms with van der Waals surface area (Å²) in [7, 11) is 0. The molecule has 0 spiro atoms. The zero-order valence-corrected chi connectivity index (χ0v) is 16.4. The molecule has 0 bridgehead atoms. The highest BCUT2D eigenvalue weighted by Gasteiger charge is 2.36. The third-order valence-electron chi connectivity index (χ3n) is 4.79. The van der Waals surface area contributed by atoms with Crippen LogP contribution in [-0.2, 0) is 4.79 Å². The fraction of sp³-hybridized carbons (Fsp3) is 0.474. The Kier molecular flexibility index (Phi) is 6.60. The van der Waals surface area contributed by atoms with Crippen molar-refractivity contribution in [3.05, 3.63) is 40.9 Å². The number of aryl methyl sites for hydroxylation is 1. The summed E-state index contributed by atoms with van der Waals surface area (Å²) in [5.74, 6) is -0.0243. The van der Waals surface area contributed by atoms with Crippen LogP contribution in [0.15, 0.2) is 30.3 Å². The molecule has 0 saturated heterocycles. The Labute approximate surface area is 159 Å². The lowest BCUT2D eigenvalue weighted by molar-refractivity contribution is -0.128. The number of rotatable bonds is 4. The van der Waals surface area contributed by atoms with Crippen LogP contribution >= 0.6 is 23.7 Å². The Morgan fingerprint density at radius 1 is 1.24 bits per heavy atom. The maximum Gasteiger partial charge on any atom is 0.240 e. The SMILES string of the molecule is Cc1nc(-c2ccccc2)sc1C(C)NC(=O)C1(N)CCCCC1.Cl. The van der Waals surface area contributed by atoms with Gasteiger partial charge in [0.15, 0.2) is 0 Å². The molecule has 0 aliphatic heterocycles. The van der Waals surface area contributed by atoms with Crippen LogP contribution in [0.4, 0.5) is 0 Å². The molecule has 1 atom stereocenters. The van der Waals surface area contributed by atoms with Crippen LogP contribution < -0.4 is 11.1 Å². The van der Waals surface area contributed by atoms with Crippen molar-refractivity contribution in [2.75, 3.05) is 0 Å². The van der Waals surface area contributed by atoms with E-state index in [1.54, 1.807) is 11.3 Å². The van der Waals surface area contributed by atoms with Gasteiger partial charge in [-0.1, -0.05) is 49.6 Å². The molecule has 1 amide bonds. The molecule has 1 heterocycles. The molecule has 1 aromatic heterocycles. The number of thiazole rings is 1. The van der Waals surface area contributed by atoms with Crippen LogP contribution in [0, 0.1) is 6.92 Å². The first kappa shape index (κ1) is 19.9. The zero-order valence-electron chi connectivity index (χ0n) is 14.7. The minimum absolute atomic E-state index is 0. The van der Waals surface area contributed by atoms with Gasteiger partial charge in [-0.2, -0.15) is 0 Å². The van der Waals surface area contributed by atoms with Crippen molar-refractivity contribution in [1.82, 2.24) is 10.3 Å². The maximum atomic E-state index is 12.6. The fourth-order valence-electron chi connectivity index (χ4n) is 3.33. The van der Waals surface area contributed by atoms with E-state index in [1.165, 1.54) is 6.42 Å². The molecule has 1 fully saturated rings. The number of halogens is 1. The van der Waals surface area contributed by atoms with Crippen molar-refractivity contribution in [3.63, 3.8) is 0 Å². The Hall–Kier alpha value is -1.43. The van der Waals surface area contributed by atoms with Gasteiger partial charge in [0.25, 0.3) is 0 Å². The number of carbonyl (C=O) groups excluding carboxylic acids is 1. The van der Waals surface area contributed by atoms with E-state index in [9.17, 15) is 4.79 Å². The van der Waals surface area contributed by atoms with Crippen molar-refractivity contribution < 1.29 is 4.79 Å². The summed E-state index contributed by atoms with van der Waals surface area (Å²) in [6, 6.07) is 10.1. The molecule has 1 aliphatic carbocycles. The van der Waals surface area contributed by atoms with Crippen LogP contribution in [0.25, 0.3) is 10.6 Å². The van der Waals surface area contributed by atoms with Crippen molar-refractivity contribution >= 4 is 29.7 Å². The summed E-state index contributed by atoms with van der Waals surface area (Å²) in [6.45, 7) is 4.01. The van der Waals surface area contributed by atoms with Crippen molar-refractivity contribution in [3.8, 4) is 10.6 Å². The van der Waals surface area contributed by atoms with Crippen LogP contribution in [0.5, 0.6) is 0 Å². The third kappa shape index (κ3) is 4.40. The van der Waals surface area contributed by atoms with E-state index in [1.807, 2.05) is 32.0 Å². The summed E-state index contributed by atoms with van der Waals surface area (Å²) in [6.07, 6.45) is 4.81. The van der Waals surface area contributed by atoms with Gasteiger partial charge in [-0.3, -0.25) is 4.79 Å². The summed E-state index contributed by atoms with van der Waals surface area (Å²) < 4.78 is 0. The first-order valence-corrected chi connectivity index (χ1v) is 9.44. The van der Waals surface area contributed by atoms with E-state index in [4.69, 9.17) is 5.73 Å². The monoisotopic (exact) mass is 379 g/mol. The molecule has 4 nitrogen and oxygen atoms in total. The highest BCUT2D eigenvalue weighted by atomic mass is 35.5. The number of hydrogen-bond donors (Lipinski definition) is 2. The molecular formula is C19H26ClN3OS. The van der Waals surface area contributed by atoms with Gasteiger partial charge in [-0.05, 0) is 26.7 Å².